The van der Waals surface area contributed by atoms with Crippen LogP contribution in [0.5, 0.6) is 5.75 Å². The van der Waals surface area contributed by atoms with Gasteiger partial charge in [-0.1, -0.05) is 13.8 Å². The Kier molecular flexibility index (Phi) is 7.02. The van der Waals surface area contributed by atoms with E-state index >= 15 is 0 Å². The van der Waals surface area contributed by atoms with Gasteiger partial charge in [-0.15, -0.1) is 0 Å². The van der Waals surface area contributed by atoms with Crippen molar-refractivity contribution in [2.75, 3.05) is 39.8 Å². The highest BCUT2D eigenvalue weighted by Gasteiger charge is 2.29. The average Bonchev–Trinajstić information content (AvgIpc) is 2.62. The largest absolute Gasteiger partial charge is 0.497 e. The first-order valence-electron chi connectivity index (χ1n) is 8.90. The maximum Gasteiger partial charge on any atom is 0.243 e. The van der Waals surface area contributed by atoms with Gasteiger partial charge >= 0.3 is 0 Å². The lowest BCUT2D eigenvalue weighted by Crippen LogP contribution is -2.51. The fraction of sp³-hybridized carbons (Fsp3) is 0.611. The molecule has 0 radical (unpaired) electrons. The third-order valence-electron chi connectivity index (χ3n) is 4.78. The average molecular weight is 384 g/mol. The van der Waals surface area contributed by atoms with Crippen LogP contribution in [-0.2, 0) is 14.8 Å². The van der Waals surface area contributed by atoms with Gasteiger partial charge < -0.3 is 10.1 Å². The Morgan fingerprint density at radius 1 is 1.12 bits per heavy atom. The Morgan fingerprint density at radius 3 is 2.19 bits per heavy atom. The van der Waals surface area contributed by atoms with Crippen LogP contribution >= 0.6 is 0 Å². The molecule has 0 spiro atoms. The predicted molar refractivity (Wildman–Crippen MR) is 101 cm³/mol. The van der Waals surface area contributed by atoms with Crippen LogP contribution in [0.25, 0.3) is 0 Å². The molecule has 1 fully saturated rings. The highest BCUT2D eigenvalue weighted by atomic mass is 32.2. The van der Waals surface area contributed by atoms with Crippen molar-refractivity contribution in [1.29, 1.82) is 0 Å². The van der Waals surface area contributed by atoms with Crippen molar-refractivity contribution < 1.29 is 17.9 Å². The molecule has 0 aromatic heterocycles. The molecule has 0 aliphatic carbocycles. The first kappa shape index (κ1) is 20.7. The maximum atomic E-state index is 12.7. The van der Waals surface area contributed by atoms with Crippen LogP contribution in [0, 0.1) is 5.92 Å². The first-order chi connectivity index (χ1) is 12.2. The lowest BCUT2D eigenvalue weighted by molar-refractivity contribution is -0.123. The van der Waals surface area contributed by atoms with Gasteiger partial charge in [-0.2, -0.15) is 4.31 Å². The van der Waals surface area contributed by atoms with E-state index in [1.165, 1.54) is 4.31 Å². The van der Waals surface area contributed by atoms with E-state index in [4.69, 9.17) is 4.74 Å². The number of carbonyl (C=O) groups is 1. The van der Waals surface area contributed by atoms with Gasteiger partial charge in [-0.3, -0.25) is 9.69 Å². The van der Waals surface area contributed by atoms with Crippen molar-refractivity contribution in [3.8, 4) is 5.75 Å². The molecule has 0 saturated carbocycles. The summed E-state index contributed by atoms with van der Waals surface area (Å²) in [6, 6.07) is 6.52. The van der Waals surface area contributed by atoms with Crippen LogP contribution < -0.4 is 10.1 Å². The standard InChI is InChI=1S/C18H29N3O4S/c1-14(2)15(3)19-18(22)13-20-9-11-21(12-10-20)26(23,24)17-7-5-16(25-4)6-8-17/h5-8,14-15H,9-13H2,1-4H3,(H,19,22)/t15-/m1/s1. The molecule has 26 heavy (non-hydrogen) atoms. The quantitative estimate of drug-likeness (QED) is 0.764. The molecule has 1 saturated heterocycles. The Balaban J connectivity index is 1.89. The minimum atomic E-state index is -3.52. The number of sulfonamides is 1. The number of benzene rings is 1. The minimum absolute atomic E-state index is 0.0161. The molecule has 1 aromatic rings. The van der Waals surface area contributed by atoms with E-state index in [-0.39, 0.29) is 16.8 Å². The number of nitrogens with zero attached hydrogens (tertiary/aromatic N) is 2. The van der Waals surface area contributed by atoms with Crippen LogP contribution in [-0.4, -0.2) is 69.4 Å². The Morgan fingerprint density at radius 2 is 1.69 bits per heavy atom. The number of hydrogen-bond acceptors (Lipinski definition) is 5. The summed E-state index contributed by atoms with van der Waals surface area (Å²) >= 11 is 0. The zero-order valence-corrected chi connectivity index (χ0v) is 16.8. The summed E-state index contributed by atoms with van der Waals surface area (Å²) in [5.74, 6) is 0.985. The molecule has 1 aliphatic heterocycles. The minimum Gasteiger partial charge on any atom is -0.497 e. The summed E-state index contributed by atoms with van der Waals surface area (Å²) in [6.45, 7) is 8.25. The van der Waals surface area contributed by atoms with Crippen LogP contribution in [0.15, 0.2) is 29.2 Å². The molecular formula is C18H29N3O4S. The van der Waals surface area contributed by atoms with Crippen molar-refractivity contribution in [1.82, 2.24) is 14.5 Å². The number of methoxy groups -OCH3 is 1. The number of nitrogens with one attached hydrogen (secondary N) is 1. The molecule has 146 valence electrons. The molecule has 1 heterocycles. The third-order valence-corrected chi connectivity index (χ3v) is 6.70. The van der Waals surface area contributed by atoms with Gasteiger partial charge in [0, 0.05) is 32.2 Å². The van der Waals surface area contributed by atoms with Gasteiger partial charge in [0.05, 0.1) is 18.6 Å². The van der Waals surface area contributed by atoms with Crippen molar-refractivity contribution in [2.24, 2.45) is 5.92 Å². The van der Waals surface area contributed by atoms with E-state index in [1.54, 1.807) is 31.4 Å². The van der Waals surface area contributed by atoms with E-state index < -0.39 is 10.0 Å². The maximum absolute atomic E-state index is 12.7. The highest BCUT2D eigenvalue weighted by molar-refractivity contribution is 7.89. The summed E-state index contributed by atoms with van der Waals surface area (Å²) in [4.78, 5) is 14.3. The molecular weight excluding hydrogens is 354 g/mol. The van der Waals surface area contributed by atoms with Crippen LogP contribution in [0.4, 0.5) is 0 Å². The molecule has 1 aliphatic rings. The molecule has 1 atom stereocenters. The van der Waals surface area contributed by atoms with Gasteiger partial charge in [0.15, 0.2) is 0 Å². The van der Waals surface area contributed by atoms with E-state index in [0.717, 1.165) is 0 Å². The van der Waals surface area contributed by atoms with Gasteiger partial charge in [-0.05, 0) is 37.1 Å². The predicted octanol–water partition coefficient (Wildman–Crippen LogP) is 1.16. The molecule has 1 aromatic carbocycles. The van der Waals surface area contributed by atoms with E-state index in [9.17, 15) is 13.2 Å². The summed E-state index contributed by atoms with van der Waals surface area (Å²) in [6.07, 6.45) is 0. The van der Waals surface area contributed by atoms with Crippen molar-refractivity contribution >= 4 is 15.9 Å². The summed E-state index contributed by atoms with van der Waals surface area (Å²) in [7, 11) is -1.98. The molecule has 2 rings (SSSR count). The SMILES string of the molecule is COc1ccc(S(=O)(=O)N2CCN(CC(=O)N[C@H](C)C(C)C)CC2)cc1. The van der Waals surface area contributed by atoms with E-state index in [0.29, 0.717) is 44.4 Å². The topological polar surface area (TPSA) is 79.0 Å². The van der Waals surface area contributed by atoms with Crippen molar-refractivity contribution in [3.63, 3.8) is 0 Å². The smallest absolute Gasteiger partial charge is 0.243 e. The van der Waals surface area contributed by atoms with Crippen LogP contribution in [0.2, 0.25) is 0 Å². The first-order valence-corrected chi connectivity index (χ1v) is 10.3. The van der Waals surface area contributed by atoms with E-state index in [2.05, 4.69) is 19.2 Å². The zero-order valence-electron chi connectivity index (χ0n) is 15.9. The zero-order chi connectivity index (χ0) is 19.3. The summed E-state index contributed by atoms with van der Waals surface area (Å²) in [5.41, 5.74) is 0. The fourth-order valence-corrected chi connectivity index (χ4v) is 4.12. The normalized spacial score (nSPS) is 17.9. The Bertz CT molecular complexity index is 696. The van der Waals surface area contributed by atoms with Crippen molar-refractivity contribution in [3.05, 3.63) is 24.3 Å². The second-order valence-electron chi connectivity index (χ2n) is 6.96. The number of piperazine rings is 1. The van der Waals surface area contributed by atoms with Gasteiger partial charge in [0.1, 0.15) is 5.75 Å². The number of rotatable bonds is 7. The molecule has 7 nitrogen and oxygen atoms in total. The Hall–Kier alpha value is -1.64. The second-order valence-corrected chi connectivity index (χ2v) is 8.89. The highest BCUT2D eigenvalue weighted by Crippen LogP contribution is 2.20. The molecule has 1 N–H and O–H groups in total. The lowest BCUT2D eigenvalue weighted by atomic mass is 10.1. The van der Waals surface area contributed by atoms with Crippen molar-refractivity contribution in [2.45, 2.75) is 31.7 Å². The lowest BCUT2D eigenvalue weighted by Gasteiger charge is -2.33. The second kappa shape index (κ2) is 8.83. The third kappa shape index (κ3) is 5.18. The number of carbonyl (C=O) groups excluding carboxylic acids is 1. The number of ether oxygens (including phenoxy) is 1. The van der Waals surface area contributed by atoms with Gasteiger partial charge in [-0.25, -0.2) is 8.42 Å². The number of amides is 1. The molecule has 8 heteroatoms. The molecule has 1 amide bonds. The fourth-order valence-electron chi connectivity index (χ4n) is 2.69. The monoisotopic (exact) mass is 383 g/mol. The number of hydrogen-bond donors (Lipinski definition) is 1. The summed E-state index contributed by atoms with van der Waals surface area (Å²) in [5, 5.41) is 2.98. The summed E-state index contributed by atoms with van der Waals surface area (Å²) < 4.78 is 32.0. The van der Waals surface area contributed by atoms with E-state index in [1.807, 2.05) is 11.8 Å². The van der Waals surface area contributed by atoms with Crippen LogP contribution in [0.1, 0.15) is 20.8 Å². The van der Waals surface area contributed by atoms with Crippen LogP contribution in [0.3, 0.4) is 0 Å². The Labute approximate surface area is 156 Å². The van der Waals surface area contributed by atoms with Gasteiger partial charge in [0.25, 0.3) is 0 Å². The molecule has 0 unspecified atom stereocenters. The molecule has 0 bridgehead atoms. The van der Waals surface area contributed by atoms with Gasteiger partial charge in [0.2, 0.25) is 15.9 Å².